The molecule has 2 nitrogen and oxygen atoms in total. The highest BCUT2D eigenvalue weighted by atomic mass is 35.5. The second-order valence-corrected chi connectivity index (χ2v) is 3.59. The summed E-state index contributed by atoms with van der Waals surface area (Å²) >= 11 is 5.75. The summed E-state index contributed by atoms with van der Waals surface area (Å²) in [7, 11) is 0. The maximum absolute atomic E-state index is 5.75. The van der Waals surface area contributed by atoms with E-state index in [2.05, 4.69) is 10.5 Å². The van der Waals surface area contributed by atoms with Crippen LogP contribution in [0.3, 0.4) is 0 Å². The fourth-order valence-electron chi connectivity index (χ4n) is 1.11. The van der Waals surface area contributed by atoms with Gasteiger partial charge in [0.25, 0.3) is 0 Å². The van der Waals surface area contributed by atoms with Gasteiger partial charge in [0.05, 0.1) is 5.69 Å². The number of hydrogen-bond donors (Lipinski definition) is 1. The molecule has 0 aromatic heterocycles. The molecule has 0 bridgehead atoms. The number of hydrazone groups is 1. The minimum Gasteiger partial charge on any atom is -0.279 e. The van der Waals surface area contributed by atoms with Gasteiger partial charge in [0.1, 0.15) is 0 Å². The van der Waals surface area contributed by atoms with Crippen molar-refractivity contribution in [1.82, 2.24) is 0 Å². The summed E-state index contributed by atoms with van der Waals surface area (Å²) in [6.45, 7) is 0. The van der Waals surface area contributed by atoms with Crippen LogP contribution >= 0.6 is 11.6 Å². The number of halogens is 1. The first-order valence-electron chi connectivity index (χ1n) is 4.41. The maximum Gasteiger partial charge on any atom is 0.0562 e. The molecule has 0 aliphatic heterocycles. The zero-order valence-electron chi connectivity index (χ0n) is 7.26. The van der Waals surface area contributed by atoms with E-state index in [1.54, 1.807) is 0 Å². The van der Waals surface area contributed by atoms with Crippen LogP contribution in [-0.4, -0.2) is 5.71 Å². The van der Waals surface area contributed by atoms with Gasteiger partial charge in [-0.3, -0.25) is 5.43 Å². The van der Waals surface area contributed by atoms with Crippen molar-refractivity contribution in [3.8, 4) is 0 Å². The lowest BCUT2D eigenvalue weighted by Crippen LogP contribution is -2.11. The second kappa shape index (κ2) is 3.79. The van der Waals surface area contributed by atoms with E-state index in [1.807, 2.05) is 24.3 Å². The molecule has 68 valence electrons. The number of benzene rings is 1. The van der Waals surface area contributed by atoms with Crippen molar-refractivity contribution in [1.29, 1.82) is 0 Å². The molecule has 0 atom stereocenters. The predicted octanol–water partition coefficient (Wildman–Crippen LogP) is 3.29. The quantitative estimate of drug-likeness (QED) is 0.718. The standard InChI is InChI=1S/C10H11ClN2/c11-8-4-6-10(7-5-8)13-12-9-2-1-3-9/h4-7,13H,1-3H2. The van der Waals surface area contributed by atoms with Gasteiger partial charge in [-0.15, -0.1) is 0 Å². The Morgan fingerprint density at radius 2 is 1.85 bits per heavy atom. The Labute approximate surface area is 82.6 Å². The molecule has 0 spiro atoms. The summed E-state index contributed by atoms with van der Waals surface area (Å²) in [4.78, 5) is 0. The normalized spacial score (nSPS) is 15.0. The Bertz CT molecular complexity index is 310. The Morgan fingerprint density at radius 1 is 1.15 bits per heavy atom. The van der Waals surface area contributed by atoms with Gasteiger partial charge in [-0.1, -0.05) is 11.6 Å². The van der Waals surface area contributed by atoms with Crippen LogP contribution < -0.4 is 5.43 Å². The smallest absolute Gasteiger partial charge is 0.0562 e. The molecule has 3 heteroatoms. The van der Waals surface area contributed by atoms with Crippen molar-refractivity contribution in [2.45, 2.75) is 19.3 Å². The molecule has 1 saturated carbocycles. The summed E-state index contributed by atoms with van der Waals surface area (Å²) in [6.07, 6.45) is 3.56. The van der Waals surface area contributed by atoms with Gasteiger partial charge < -0.3 is 0 Å². The molecule has 1 N–H and O–H groups in total. The number of hydrogen-bond acceptors (Lipinski definition) is 2. The molecule has 13 heavy (non-hydrogen) atoms. The van der Waals surface area contributed by atoms with Gasteiger partial charge >= 0.3 is 0 Å². The van der Waals surface area contributed by atoms with Crippen LogP contribution in [-0.2, 0) is 0 Å². The SMILES string of the molecule is Clc1ccc(NN=C2CCC2)cc1. The van der Waals surface area contributed by atoms with Crippen molar-refractivity contribution in [3.05, 3.63) is 29.3 Å². The maximum atomic E-state index is 5.75. The van der Waals surface area contributed by atoms with Crippen molar-refractivity contribution >= 4 is 23.0 Å². The predicted molar refractivity (Wildman–Crippen MR) is 56.4 cm³/mol. The van der Waals surface area contributed by atoms with Crippen molar-refractivity contribution in [2.24, 2.45) is 5.10 Å². The van der Waals surface area contributed by atoms with Gasteiger partial charge in [-0.25, -0.2) is 0 Å². The van der Waals surface area contributed by atoms with Gasteiger partial charge in [0.15, 0.2) is 0 Å². The largest absolute Gasteiger partial charge is 0.279 e. The first-order valence-corrected chi connectivity index (χ1v) is 4.79. The Hall–Kier alpha value is -1.02. The summed E-state index contributed by atoms with van der Waals surface area (Å²) in [6, 6.07) is 7.55. The van der Waals surface area contributed by atoms with E-state index >= 15 is 0 Å². The average Bonchev–Trinajstić information content (AvgIpc) is 2.05. The van der Waals surface area contributed by atoms with E-state index in [9.17, 15) is 0 Å². The van der Waals surface area contributed by atoms with Crippen molar-refractivity contribution < 1.29 is 0 Å². The lowest BCUT2D eigenvalue weighted by molar-refractivity contribution is 0.798. The van der Waals surface area contributed by atoms with Crippen LogP contribution in [0.5, 0.6) is 0 Å². The summed E-state index contributed by atoms with van der Waals surface area (Å²) in [5.41, 5.74) is 5.25. The van der Waals surface area contributed by atoms with Crippen LogP contribution in [0.4, 0.5) is 5.69 Å². The van der Waals surface area contributed by atoms with Gasteiger partial charge in [0, 0.05) is 10.7 Å². The van der Waals surface area contributed by atoms with E-state index in [4.69, 9.17) is 11.6 Å². The minimum absolute atomic E-state index is 0.752. The topological polar surface area (TPSA) is 24.4 Å². The molecule has 0 radical (unpaired) electrons. The van der Waals surface area contributed by atoms with E-state index in [1.165, 1.54) is 12.1 Å². The third-order valence-corrected chi connectivity index (χ3v) is 2.37. The Kier molecular flexibility index (Phi) is 2.50. The minimum atomic E-state index is 0.752. The van der Waals surface area contributed by atoms with Crippen LogP contribution in [0, 0.1) is 0 Å². The highest BCUT2D eigenvalue weighted by Gasteiger charge is 2.09. The Morgan fingerprint density at radius 3 is 2.38 bits per heavy atom. The van der Waals surface area contributed by atoms with E-state index in [0.717, 1.165) is 23.6 Å². The molecule has 0 heterocycles. The fraction of sp³-hybridized carbons (Fsp3) is 0.300. The number of nitrogens with zero attached hydrogens (tertiary/aromatic N) is 1. The van der Waals surface area contributed by atoms with Gasteiger partial charge in [-0.05, 0) is 43.5 Å². The molecular formula is C10H11ClN2. The zero-order chi connectivity index (χ0) is 9.10. The second-order valence-electron chi connectivity index (χ2n) is 3.15. The summed E-state index contributed by atoms with van der Waals surface area (Å²) in [5, 5.41) is 5.00. The van der Waals surface area contributed by atoms with Crippen LogP contribution in [0.15, 0.2) is 29.4 Å². The van der Waals surface area contributed by atoms with Crippen LogP contribution in [0.2, 0.25) is 5.02 Å². The monoisotopic (exact) mass is 194 g/mol. The third kappa shape index (κ3) is 2.22. The molecule has 1 aromatic carbocycles. The summed E-state index contributed by atoms with van der Waals surface area (Å²) < 4.78 is 0. The van der Waals surface area contributed by atoms with Crippen molar-refractivity contribution in [3.63, 3.8) is 0 Å². The molecule has 0 saturated heterocycles. The average molecular weight is 195 g/mol. The Balaban J connectivity index is 1.97. The lowest BCUT2D eigenvalue weighted by Gasteiger charge is -2.14. The zero-order valence-corrected chi connectivity index (χ0v) is 8.01. The third-order valence-electron chi connectivity index (χ3n) is 2.12. The number of nitrogens with one attached hydrogen (secondary N) is 1. The van der Waals surface area contributed by atoms with Crippen LogP contribution in [0.1, 0.15) is 19.3 Å². The molecule has 1 fully saturated rings. The number of anilines is 1. The first-order chi connectivity index (χ1) is 6.34. The molecule has 2 rings (SSSR count). The number of rotatable bonds is 2. The van der Waals surface area contributed by atoms with Gasteiger partial charge in [0.2, 0.25) is 0 Å². The molecule has 1 aromatic rings. The molecule has 0 amide bonds. The molecule has 1 aliphatic rings. The lowest BCUT2D eigenvalue weighted by atomic mass is 9.98. The molecular weight excluding hydrogens is 184 g/mol. The van der Waals surface area contributed by atoms with E-state index in [-0.39, 0.29) is 0 Å². The van der Waals surface area contributed by atoms with Gasteiger partial charge in [-0.2, -0.15) is 5.10 Å². The first kappa shape index (κ1) is 8.57. The highest BCUT2D eigenvalue weighted by molar-refractivity contribution is 6.30. The highest BCUT2D eigenvalue weighted by Crippen LogP contribution is 2.16. The molecule has 1 aliphatic carbocycles. The fourth-order valence-corrected chi connectivity index (χ4v) is 1.24. The van der Waals surface area contributed by atoms with E-state index < -0.39 is 0 Å². The van der Waals surface area contributed by atoms with E-state index in [0.29, 0.717) is 0 Å². The van der Waals surface area contributed by atoms with Crippen LogP contribution in [0.25, 0.3) is 0 Å². The summed E-state index contributed by atoms with van der Waals surface area (Å²) in [5.74, 6) is 0. The molecule has 0 unspecified atom stereocenters. The van der Waals surface area contributed by atoms with Crippen molar-refractivity contribution in [2.75, 3.05) is 5.43 Å².